The zero-order valence-corrected chi connectivity index (χ0v) is 28.6. The lowest BCUT2D eigenvalue weighted by atomic mass is 9.96. The Labute approximate surface area is 285 Å². The molecule has 2 heterocycles. The second-order valence-corrected chi connectivity index (χ2v) is 10.8. The monoisotopic (exact) mass is 692 g/mol. The third kappa shape index (κ3) is 5.83. The summed E-state index contributed by atoms with van der Waals surface area (Å²) in [4.78, 5) is 26.2. The Kier molecular flexibility index (Phi) is 10.0. The van der Waals surface area contributed by atoms with Gasteiger partial charge >= 0.3 is 5.63 Å². The Morgan fingerprint density at radius 3 is 1.82 bits per heavy atom. The van der Waals surface area contributed by atoms with Gasteiger partial charge in [0.05, 0.1) is 55.3 Å². The van der Waals surface area contributed by atoms with Crippen LogP contribution >= 0.6 is 0 Å². The van der Waals surface area contributed by atoms with Gasteiger partial charge in [0.25, 0.3) is 0 Å². The number of fused-ring (bicyclic) bond motifs is 2. The molecule has 0 aliphatic carbocycles. The zero-order chi connectivity index (χ0) is 36.4. The standard InChI is InChI=1S/C36H36O14/c1-16(2)28(25(38)23-19(41-3)12-10-17-11-13-22(37)48-29(17)23)49-36-34(46-8)27(40)24-26(39)33(45-7)30(50-32(24)35(36)47-9)18-14-20(42-4)31(44-6)21(15-18)43-5/h10-15,25,28,38,40H,1H2,2-9H3. The molecule has 0 aliphatic heterocycles. The van der Waals surface area contributed by atoms with Crippen molar-refractivity contribution in [1.82, 2.24) is 0 Å². The molecule has 0 fully saturated rings. The van der Waals surface area contributed by atoms with Crippen molar-refractivity contribution in [3.63, 3.8) is 0 Å². The number of phenolic OH excluding ortho intramolecular Hbond substituents is 1. The second-order valence-electron chi connectivity index (χ2n) is 10.8. The van der Waals surface area contributed by atoms with E-state index in [1.165, 1.54) is 55.8 Å². The number of hydrogen-bond acceptors (Lipinski definition) is 14. The summed E-state index contributed by atoms with van der Waals surface area (Å²) < 4.78 is 56.8. The fraction of sp³-hybridized carbons (Fsp3) is 0.278. The maximum atomic E-state index is 14.0. The number of hydrogen-bond donors (Lipinski definition) is 2. The minimum atomic E-state index is -1.57. The van der Waals surface area contributed by atoms with Crippen LogP contribution in [0.5, 0.6) is 51.7 Å². The highest BCUT2D eigenvalue weighted by Crippen LogP contribution is 2.53. The largest absolute Gasteiger partial charge is 0.504 e. The van der Waals surface area contributed by atoms with E-state index in [0.717, 1.165) is 0 Å². The van der Waals surface area contributed by atoms with Gasteiger partial charge < -0.3 is 56.9 Å². The Bertz CT molecular complexity index is 2190. The summed E-state index contributed by atoms with van der Waals surface area (Å²) in [6.45, 7) is 5.59. The number of phenols is 1. The molecular formula is C36H36O14. The fourth-order valence-electron chi connectivity index (χ4n) is 5.70. The third-order valence-electron chi connectivity index (χ3n) is 8.00. The smallest absolute Gasteiger partial charge is 0.336 e. The fourth-order valence-corrected chi connectivity index (χ4v) is 5.70. The number of ether oxygens (including phenoxy) is 8. The van der Waals surface area contributed by atoms with Crippen molar-refractivity contribution in [2.45, 2.75) is 19.1 Å². The molecule has 2 atom stereocenters. The number of aromatic hydroxyl groups is 1. The molecule has 5 aromatic rings. The molecule has 14 nitrogen and oxygen atoms in total. The molecule has 2 aromatic heterocycles. The average Bonchev–Trinajstić information content (AvgIpc) is 3.11. The SMILES string of the molecule is C=C(C)C(Oc1c(OC)c(O)c2c(=O)c(OC)c(-c3cc(OC)c(OC)c(OC)c3)oc2c1OC)C(O)c1c(OC)ccc2ccc(=O)oc12. The Morgan fingerprint density at radius 1 is 0.700 bits per heavy atom. The minimum Gasteiger partial charge on any atom is -0.504 e. The number of benzene rings is 3. The van der Waals surface area contributed by atoms with E-state index >= 15 is 0 Å². The molecule has 50 heavy (non-hydrogen) atoms. The van der Waals surface area contributed by atoms with Crippen molar-refractivity contribution in [3.8, 4) is 63.1 Å². The molecule has 14 heteroatoms. The highest BCUT2D eigenvalue weighted by Gasteiger charge is 2.35. The number of aliphatic hydroxyl groups excluding tert-OH is 1. The van der Waals surface area contributed by atoms with Crippen LogP contribution < -0.4 is 48.9 Å². The summed E-state index contributed by atoms with van der Waals surface area (Å²) in [5.41, 5.74) is -0.928. The molecule has 0 saturated carbocycles. The predicted octanol–water partition coefficient (Wildman–Crippen LogP) is 5.39. The lowest BCUT2D eigenvalue weighted by Crippen LogP contribution is -2.27. The van der Waals surface area contributed by atoms with Crippen molar-refractivity contribution in [2.24, 2.45) is 0 Å². The molecule has 0 radical (unpaired) electrons. The van der Waals surface area contributed by atoms with Gasteiger partial charge in [0.1, 0.15) is 28.9 Å². The lowest BCUT2D eigenvalue weighted by molar-refractivity contribution is 0.0522. The summed E-state index contributed by atoms with van der Waals surface area (Å²) >= 11 is 0. The first-order valence-electron chi connectivity index (χ1n) is 14.9. The van der Waals surface area contributed by atoms with Gasteiger partial charge in [-0.3, -0.25) is 4.79 Å². The third-order valence-corrected chi connectivity index (χ3v) is 8.00. The van der Waals surface area contributed by atoms with Crippen LogP contribution in [0.3, 0.4) is 0 Å². The number of rotatable bonds is 13. The molecule has 2 unspecified atom stereocenters. The first kappa shape index (κ1) is 35.3. The quantitative estimate of drug-likeness (QED) is 0.119. The summed E-state index contributed by atoms with van der Waals surface area (Å²) in [7, 11) is 9.50. The highest BCUT2D eigenvalue weighted by molar-refractivity contribution is 5.96. The molecule has 264 valence electrons. The van der Waals surface area contributed by atoms with Crippen molar-refractivity contribution in [3.05, 3.63) is 74.8 Å². The molecule has 0 spiro atoms. The summed E-state index contributed by atoms with van der Waals surface area (Å²) in [5, 5.41) is 23.6. The van der Waals surface area contributed by atoms with Crippen LogP contribution in [-0.2, 0) is 0 Å². The normalized spacial score (nSPS) is 12.3. The molecule has 3 aromatic carbocycles. The summed E-state index contributed by atoms with van der Waals surface area (Å²) in [6, 6.07) is 9.16. The van der Waals surface area contributed by atoms with Gasteiger partial charge in [-0.15, -0.1) is 0 Å². The van der Waals surface area contributed by atoms with Crippen LogP contribution in [0.2, 0.25) is 0 Å². The van der Waals surface area contributed by atoms with Crippen molar-refractivity contribution in [2.75, 3.05) is 49.8 Å². The summed E-state index contributed by atoms with van der Waals surface area (Å²) in [5.74, 6) is -0.744. The van der Waals surface area contributed by atoms with Gasteiger partial charge in [0.15, 0.2) is 28.6 Å². The molecule has 0 saturated heterocycles. The Morgan fingerprint density at radius 2 is 1.28 bits per heavy atom. The van der Waals surface area contributed by atoms with E-state index in [4.69, 9.17) is 46.7 Å². The van der Waals surface area contributed by atoms with E-state index in [9.17, 15) is 19.8 Å². The number of aliphatic hydroxyl groups is 1. The van der Waals surface area contributed by atoms with E-state index < -0.39 is 29.0 Å². The van der Waals surface area contributed by atoms with Crippen LogP contribution in [0.4, 0.5) is 0 Å². The lowest BCUT2D eigenvalue weighted by Gasteiger charge is -2.28. The van der Waals surface area contributed by atoms with Crippen LogP contribution in [0.1, 0.15) is 18.6 Å². The Hall–Kier alpha value is -6.02. The average molecular weight is 693 g/mol. The van der Waals surface area contributed by atoms with Gasteiger partial charge in [-0.2, -0.15) is 0 Å². The molecule has 0 bridgehead atoms. The molecule has 0 amide bonds. The van der Waals surface area contributed by atoms with Gasteiger partial charge in [0, 0.05) is 17.0 Å². The predicted molar refractivity (Wildman–Crippen MR) is 182 cm³/mol. The Balaban J connectivity index is 1.79. The van der Waals surface area contributed by atoms with E-state index in [1.807, 2.05) is 0 Å². The zero-order valence-electron chi connectivity index (χ0n) is 28.6. The van der Waals surface area contributed by atoms with E-state index in [-0.39, 0.29) is 73.7 Å². The molecule has 0 aliphatic rings. The van der Waals surface area contributed by atoms with Gasteiger partial charge in [-0.1, -0.05) is 6.58 Å². The first-order chi connectivity index (χ1) is 24.0. The van der Waals surface area contributed by atoms with Crippen molar-refractivity contribution >= 4 is 21.9 Å². The van der Waals surface area contributed by atoms with Crippen LogP contribution in [0, 0.1) is 0 Å². The molecular weight excluding hydrogens is 656 g/mol. The van der Waals surface area contributed by atoms with E-state index in [0.29, 0.717) is 16.7 Å². The van der Waals surface area contributed by atoms with E-state index in [1.54, 1.807) is 37.3 Å². The second kappa shape index (κ2) is 14.2. The van der Waals surface area contributed by atoms with Crippen molar-refractivity contribution < 1.29 is 56.9 Å². The molecule has 2 N–H and O–H groups in total. The van der Waals surface area contributed by atoms with E-state index in [2.05, 4.69) is 6.58 Å². The molecule has 5 rings (SSSR count). The first-order valence-corrected chi connectivity index (χ1v) is 14.9. The van der Waals surface area contributed by atoms with Gasteiger partial charge in [-0.25, -0.2) is 4.79 Å². The number of methoxy groups -OCH3 is 7. The van der Waals surface area contributed by atoms with Crippen LogP contribution in [0.15, 0.2) is 67.0 Å². The topological polar surface area (TPSA) is 175 Å². The van der Waals surface area contributed by atoms with Crippen LogP contribution in [-0.4, -0.2) is 66.1 Å². The maximum Gasteiger partial charge on any atom is 0.336 e. The summed E-state index contributed by atoms with van der Waals surface area (Å²) in [6.07, 6.45) is -2.87. The highest BCUT2D eigenvalue weighted by atomic mass is 16.6. The van der Waals surface area contributed by atoms with Crippen molar-refractivity contribution in [1.29, 1.82) is 0 Å². The van der Waals surface area contributed by atoms with Gasteiger partial charge in [0.2, 0.25) is 34.2 Å². The van der Waals surface area contributed by atoms with Gasteiger partial charge in [-0.05, 0) is 42.8 Å². The minimum absolute atomic E-state index is 0.0626. The maximum absolute atomic E-state index is 14.0. The van der Waals surface area contributed by atoms with Crippen LogP contribution in [0.25, 0.3) is 33.3 Å².